The van der Waals surface area contributed by atoms with E-state index in [0.29, 0.717) is 6.07 Å². The molecule has 21 heavy (non-hydrogen) atoms. The van der Waals surface area contributed by atoms with Gasteiger partial charge in [0.1, 0.15) is 0 Å². The Labute approximate surface area is 116 Å². The normalized spacial score (nSPS) is 12.5. The average Bonchev–Trinajstić information content (AvgIpc) is 2.34. The Kier molecular flexibility index (Phi) is 4.79. The van der Waals surface area contributed by atoms with Crippen molar-refractivity contribution in [3.63, 3.8) is 0 Å². The first-order valence-corrected chi connectivity index (χ1v) is 6.80. The van der Waals surface area contributed by atoms with Crippen molar-refractivity contribution in [1.82, 2.24) is 0 Å². The van der Waals surface area contributed by atoms with Crippen molar-refractivity contribution in [2.75, 3.05) is 11.9 Å². The maximum Gasteiger partial charge on any atom is 0.337 e. The molecule has 1 aromatic rings. The number of primary sulfonamides is 1. The van der Waals surface area contributed by atoms with E-state index in [0.717, 1.165) is 12.1 Å². The number of sulfonamides is 1. The topological polar surface area (TPSA) is 109 Å². The highest BCUT2D eigenvalue weighted by Crippen LogP contribution is 2.25. The van der Waals surface area contributed by atoms with Crippen LogP contribution in [0, 0.1) is 0 Å². The molecule has 1 rings (SSSR count). The van der Waals surface area contributed by atoms with E-state index in [1.807, 2.05) is 5.32 Å². The number of carboxylic acids is 1. The summed E-state index contributed by atoms with van der Waals surface area (Å²) in [7, 11) is -4.19. The molecule has 0 fully saturated rings. The van der Waals surface area contributed by atoms with Gasteiger partial charge in [-0.2, -0.15) is 8.78 Å². The van der Waals surface area contributed by atoms with Crippen LogP contribution in [0.25, 0.3) is 0 Å². The van der Waals surface area contributed by atoms with Crippen LogP contribution in [0.2, 0.25) is 0 Å². The van der Waals surface area contributed by atoms with E-state index >= 15 is 0 Å². The highest BCUT2D eigenvalue weighted by Gasteiger charge is 2.40. The summed E-state index contributed by atoms with van der Waals surface area (Å²) in [5.74, 6) is -6.00. The Morgan fingerprint density at radius 2 is 1.95 bits per heavy atom. The summed E-state index contributed by atoms with van der Waals surface area (Å²) in [6.07, 6.45) is -3.93. The maximum absolute atomic E-state index is 12.8. The summed E-state index contributed by atoms with van der Waals surface area (Å²) in [4.78, 5) is 10.4. The molecule has 0 saturated heterocycles. The summed E-state index contributed by atoms with van der Waals surface area (Å²) >= 11 is 0. The van der Waals surface area contributed by atoms with Crippen LogP contribution in [-0.2, 0) is 10.0 Å². The smallest absolute Gasteiger partial charge is 0.337 e. The molecule has 0 bridgehead atoms. The zero-order valence-electron chi connectivity index (χ0n) is 10.2. The lowest BCUT2D eigenvalue weighted by molar-refractivity contribution is -0.117. The van der Waals surface area contributed by atoms with E-state index in [1.165, 1.54) is 0 Å². The van der Waals surface area contributed by atoms with E-state index < -0.39 is 51.0 Å². The van der Waals surface area contributed by atoms with Crippen molar-refractivity contribution >= 4 is 21.7 Å². The van der Waals surface area contributed by atoms with Gasteiger partial charge >= 0.3 is 18.3 Å². The highest BCUT2D eigenvalue weighted by molar-refractivity contribution is 7.89. The average molecular weight is 330 g/mol. The fourth-order valence-corrected chi connectivity index (χ4v) is 1.86. The van der Waals surface area contributed by atoms with E-state index in [-0.39, 0.29) is 0 Å². The molecular formula is C10H10F4N2O4S. The summed E-state index contributed by atoms with van der Waals surface area (Å²) in [5, 5.41) is 15.5. The predicted molar refractivity (Wildman–Crippen MR) is 64.2 cm³/mol. The zero-order chi connectivity index (χ0) is 16.4. The third-order valence-electron chi connectivity index (χ3n) is 2.38. The number of hydrogen-bond donors (Lipinski definition) is 3. The molecule has 0 unspecified atom stereocenters. The number of carbonyl (C=O) groups is 1. The van der Waals surface area contributed by atoms with Gasteiger partial charge in [-0.05, 0) is 18.2 Å². The Morgan fingerprint density at radius 3 is 2.38 bits per heavy atom. The van der Waals surface area contributed by atoms with E-state index in [4.69, 9.17) is 10.2 Å². The van der Waals surface area contributed by atoms with E-state index in [1.54, 1.807) is 0 Å². The molecule has 0 heterocycles. The van der Waals surface area contributed by atoms with Gasteiger partial charge in [0.05, 0.1) is 17.0 Å². The van der Waals surface area contributed by atoms with Crippen LogP contribution < -0.4 is 10.5 Å². The summed E-state index contributed by atoms with van der Waals surface area (Å²) < 4.78 is 71.6. The van der Waals surface area contributed by atoms with Gasteiger partial charge < -0.3 is 10.4 Å². The van der Waals surface area contributed by atoms with Crippen molar-refractivity contribution in [2.45, 2.75) is 17.2 Å². The number of halogens is 4. The highest BCUT2D eigenvalue weighted by atomic mass is 32.2. The van der Waals surface area contributed by atoms with Gasteiger partial charge in [-0.3, -0.25) is 0 Å². The van der Waals surface area contributed by atoms with Crippen molar-refractivity contribution in [3.05, 3.63) is 23.8 Å². The van der Waals surface area contributed by atoms with Crippen LogP contribution in [0.15, 0.2) is 23.1 Å². The molecular weight excluding hydrogens is 320 g/mol. The summed E-state index contributed by atoms with van der Waals surface area (Å²) in [5.41, 5.74) is -1.12. The Morgan fingerprint density at radius 1 is 1.38 bits per heavy atom. The first kappa shape index (κ1) is 17.2. The van der Waals surface area contributed by atoms with Gasteiger partial charge in [-0.15, -0.1) is 0 Å². The molecule has 0 saturated carbocycles. The monoisotopic (exact) mass is 330 g/mol. The number of rotatable bonds is 6. The maximum atomic E-state index is 12.8. The van der Waals surface area contributed by atoms with Crippen molar-refractivity contribution < 1.29 is 35.9 Å². The lowest BCUT2D eigenvalue weighted by atomic mass is 10.1. The van der Waals surface area contributed by atoms with Gasteiger partial charge in [-0.1, -0.05) is 0 Å². The molecule has 0 aliphatic rings. The second-order valence-electron chi connectivity index (χ2n) is 3.97. The van der Waals surface area contributed by atoms with Crippen molar-refractivity contribution in [1.29, 1.82) is 0 Å². The molecule has 0 amide bonds. The number of hydrogen-bond acceptors (Lipinski definition) is 4. The molecule has 118 valence electrons. The van der Waals surface area contributed by atoms with Crippen LogP contribution in [0.4, 0.5) is 23.2 Å². The van der Waals surface area contributed by atoms with E-state index in [2.05, 4.69) is 0 Å². The molecule has 4 N–H and O–H groups in total. The summed E-state index contributed by atoms with van der Waals surface area (Å²) in [6, 6.07) is 2.36. The fourth-order valence-electron chi connectivity index (χ4n) is 1.32. The molecule has 0 aromatic heterocycles. The molecule has 0 aliphatic heterocycles. The minimum atomic E-state index is -4.37. The summed E-state index contributed by atoms with van der Waals surface area (Å²) in [6.45, 7) is -1.51. The Balaban J connectivity index is 3.12. The Hall–Kier alpha value is -1.88. The zero-order valence-corrected chi connectivity index (χ0v) is 11.0. The first-order valence-electron chi connectivity index (χ1n) is 5.25. The standard InChI is InChI=1S/C10H10F4N2O4S/c11-9(12)10(13,14)4-16-7-2-1-5(21(15,19)20)3-6(7)8(17)18/h1-3,9,16H,4H2,(H,17,18)(H2,15,19,20). The first-order chi connectivity index (χ1) is 9.45. The minimum absolute atomic E-state index is 0.435. The van der Waals surface area contributed by atoms with Gasteiger partial charge in [0.25, 0.3) is 0 Å². The number of aromatic carboxylic acids is 1. The molecule has 0 radical (unpaired) electrons. The second kappa shape index (κ2) is 5.85. The molecule has 0 atom stereocenters. The molecule has 1 aromatic carbocycles. The third kappa shape index (κ3) is 4.29. The van der Waals surface area contributed by atoms with Crippen LogP contribution >= 0.6 is 0 Å². The van der Waals surface area contributed by atoms with Crippen LogP contribution in [0.3, 0.4) is 0 Å². The lowest BCUT2D eigenvalue weighted by Crippen LogP contribution is -2.35. The van der Waals surface area contributed by atoms with Gasteiger partial charge in [-0.25, -0.2) is 27.1 Å². The fraction of sp³-hybridized carbons (Fsp3) is 0.300. The lowest BCUT2D eigenvalue weighted by Gasteiger charge is -2.17. The van der Waals surface area contributed by atoms with Crippen LogP contribution in [-0.4, -0.2) is 38.4 Å². The Bertz CT molecular complexity index is 648. The quantitative estimate of drug-likeness (QED) is 0.682. The van der Waals surface area contributed by atoms with E-state index in [9.17, 15) is 30.8 Å². The van der Waals surface area contributed by atoms with Crippen LogP contribution in [0.5, 0.6) is 0 Å². The van der Waals surface area contributed by atoms with Crippen LogP contribution in [0.1, 0.15) is 10.4 Å². The predicted octanol–water partition coefficient (Wildman–Crippen LogP) is 1.34. The number of alkyl halides is 4. The minimum Gasteiger partial charge on any atom is -0.478 e. The number of nitrogens with two attached hydrogens (primary N) is 1. The largest absolute Gasteiger partial charge is 0.478 e. The molecule has 11 heteroatoms. The number of nitrogens with one attached hydrogen (secondary N) is 1. The SMILES string of the molecule is NS(=O)(=O)c1ccc(NCC(F)(F)C(F)F)c(C(=O)O)c1. The van der Waals surface area contributed by atoms with Crippen molar-refractivity contribution in [2.24, 2.45) is 5.14 Å². The number of benzene rings is 1. The third-order valence-corrected chi connectivity index (χ3v) is 3.29. The van der Waals surface area contributed by atoms with Gasteiger partial charge in [0, 0.05) is 5.69 Å². The number of carboxylic acid groups (broad SMARTS) is 1. The molecule has 0 spiro atoms. The van der Waals surface area contributed by atoms with Gasteiger partial charge in [0.2, 0.25) is 10.0 Å². The molecule has 6 nitrogen and oxygen atoms in total. The molecule has 0 aliphatic carbocycles. The van der Waals surface area contributed by atoms with Gasteiger partial charge in [0.15, 0.2) is 0 Å². The second-order valence-corrected chi connectivity index (χ2v) is 5.53. The number of anilines is 1. The van der Waals surface area contributed by atoms with Crippen molar-refractivity contribution in [3.8, 4) is 0 Å².